The minimum Gasteiger partial charge on any atom is -0.341 e. The van der Waals surface area contributed by atoms with Crippen molar-refractivity contribution in [1.82, 2.24) is 10.1 Å². The second-order valence-electron chi connectivity index (χ2n) is 2.21. The maximum absolute atomic E-state index is 4.62. The first kappa shape index (κ1) is 8.52. The molecule has 64 valence electrons. The van der Waals surface area contributed by atoms with Crippen LogP contribution in [0, 0.1) is 0 Å². The molecule has 1 rings (SSSR count). The average Bonchev–Trinajstić information content (AvgIpc) is 2.56. The first-order valence-electron chi connectivity index (χ1n) is 3.61. The lowest BCUT2D eigenvalue weighted by Crippen LogP contribution is -2.24. The van der Waals surface area contributed by atoms with Gasteiger partial charge in [0.05, 0.1) is 0 Å². The van der Waals surface area contributed by atoms with Gasteiger partial charge in [0.15, 0.2) is 0 Å². The van der Waals surface area contributed by atoms with Crippen molar-refractivity contribution in [1.29, 1.82) is 0 Å². The zero-order chi connectivity index (χ0) is 8.81. The first-order valence-corrected chi connectivity index (χ1v) is 3.61. The summed E-state index contributed by atoms with van der Waals surface area (Å²) in [6.45, 7) is 8.63. The number of hydrogen-bond donors (Lipinski definition) is 0. The van der Waals surface area contributed by atoms with Crippen molar-refractivity contribution in [2.45, 2.75) is 0 Å². The van der Waals surface area contributed by atoms with Gasteiger partial charge in [0, 0.05) is 13.1 Å². The van der Waals surface area contributed by atoms with Gasteiger partial charge < -0.3 is 9.42 Å². The minimum atomic E-state index is 0.565. The Hall–Kier alpha value is -1.58. The van der Waals surface area contributed by atoms with Crippen LogP contribution in [0.4, 0.5) is 5.95 Å². The van der Waals surface area contributed by atoms with Gasteiger partial charge in [-0.1, -0.05) is 12.2 Å². The van der Waals surface area contributed by atoms with E-state index in [0.717, 1.165) is 0 Å². The Bertz CT molecular complexity index is 233. The van der Waals surface area contributed by atoms with Crippen LogP contribution in [0.2, 0.25) is 0 Å². The van der Waals surface area contributed by atoms with Crippen molar-refractivity contribution >= 4 is 5.95 Å². The van der Waals surface area contributed by atoms with E-state index in [1.807, 2.05) is 4.90 Å². The van der Waals surface area contributed by atoms with Gasteiger partial charge in [-0.15, -0.1) is 13.2 Å². The normalized spacial score (nSPS) is 9.33. The highest BCUT2D eigenvalue weighted by Gasteiger charge is 2.06. The number of anilines is 1. The van der Waals surface area contributed by atoms with Crippen LogP contribution < -0.4 is 4.90 Å². The van der Waals surface area contributed by atoms with Gasteiger partial charge in [-0.3, -0.25) is 0 Å². The summed E-state index contributed by atoms with van der Waals surface area (Å²) in [5.41, 5.74) is 0. The third kappa shape index (κ3) is 1.95. The monoisotopic (exact) mass is 165 g/mol. The van der Waals surface area contributed by atoms with E-state index in [4.69, 9.17) is 0 Å². The van der Waals surface area contributed by atoms with Gasteiger partial charge in [-0.25, -0.2) is 0 Å². The van der Waals surface area contributed by atoms with Gasteiger partial charge >= 0.3 is 0 Å². The molecule has 0 atom stereocenters. The Morgan fingerprint density at radius 2 is 2.08 bits per heavy atom. The van der Waals surface area contributed by atoms with Crippen LogP contribution >= 0.6 is 0 Å². The molecule has 0 unspecified atom stereocenters. The van der Waals surface area contributed by atoms with Crippen LogP contribution in [0.15, 0.2) is 36.2 Å². The molecule has 0 fully saturated rings. The Balaban J connectivity index is 2.65. The maximum atomic E-state index is 4.62. The highest BCUT2D eigenvalue weighted by atomic mass is 16.5. The molecule has 0 N–H and O–H groups in total. The number of aromatic nitrogens is 2. The van der Waals surface area contributed by atoms with Crippen LogP contribution in [-0.4, -0.2) is 23.2 Å². The second-order valence-corrected chi connectivity index (χ2v) is 2.21. The Morgan fingerprint density at radius 1 is 1.42 bits per heavy atom. The molecule has 1 aromatic heterocycles. The molecule has 0 amide bonds. The first-order chi connectivity index (χ1) is 5.88. The van der Waals surface area contributed by atoms with Crippen LogP contribution in [0.25, 0.3) is 0 Å². The number of nitrogens with zero attached hydrogens (tertiary/aromatic N) is 3. The quantitative estimate of drug-likeness (QED) is 0.616. The molecule has 12 heavy (non-hydrogen) atoms. The minimum absolute atomic E-state index is 0.565. The van der Waals surface area contributed by atoms with Crippen LogP contribution in [-0.2, 0) is 0 Å². The van der Waals surface area contributed by atoms with E-state index in [2.05, 4.69) is 27.8 Å². The largest absolute Gasteiger partial charge is 0.341 e. The fourth-order valence-electron chi connectivity index (χ4n) is 0.854. The van der Waals surface area contributed by atoms with E-state index < -0.39 is 0 Å². The fourth-order valence-corrected chi connectivity index (χ4v) is 0.854. The summed E-state index contributed by atoms with van der Waals surface area (Å²) in [6, 6.07) is 0. The fraction of sp³-hybridized carbons (Fsp3) is 0.250. The molecular weight excluding hydrogens is 154 g/mol. The third-order valence-electron chi connectivity index (χ3n) is 1.33. The Labute approximate surface area is 71.2 Å². The van der Waals surface area contributed by atoms with Crippen LogP contribution in [0.5, 0.6) is 0 Å². The predicted octanol–water partition coefficient (Wildman–Crippen LogP) is 1.25. The predicted molar refractivity (Wildman–Crippen MR) is 46.9 cm³/mol. The van der Waals surface area contributed by atoms with E-state index in [0.29, 0.717) is 19.0 Å². The molecule has 0 radical (unpaired) electrons. The van der Waals surface area contributed by atoms with E-state index >= 15 is 0 Å². The van der Waals surface area contributed by atoms with Gasteiger partial charge in [0.25, 0.3) is 5.95 Å². The SMILES string of the molecule is C=CCN(CC=C)c1ncon1. The molecule has 4 heteroatoms. The summed E-state index contributed by atoms with van der Waals surface area (Å²) < 4.78 is 4.62. The lowest BCUT2D eigenvalue weighted by molar-refractivity contribution is 0.416. The molecule has 0 aliphatic heterocycles. The maximum Gasteiger partial charge on any atom is 0.266 e. The molecule has 0 spiro atoms. The summed E-state index contributed by atoms with van der Waals surface area (Å²) in [5.74, 6) is 0.565. The molecular formula is C8H11N3O. The Kier molecular flexibility index (Phi) is 3.07. The summed E-state index contributed by atoms with van der Waals surface area (Å²) in [6.07, 6.45) is 4.86. The highest BCUT2D eigenvalue weighted by Crippen LogP contribution is 2.04. The van der Waals surface area contributed by atoms with Gasteiger partial charge in [-0.2, -0.15) is 4.98 Å². The van der Waals surface area contributed by atoms with Crippen molar-refractivity contribution in [2.75, 3.05) is 18.0 Å². The molecule has 0 saturated carbocycles. The van der Waals surface area contributed by atoms with Gasteiger partial charge in [0.2, 0.25) is 6.39 Å². The molecule has 0 aliphatic carbocycles. The average molecular weight is 165 g/mol. The summed E-state index contributed by atoms with van der Waals surface area (Å²) in [5, 5.41) is 3.70. The second kappa shape index (κ2) is 4.33. The summed E-state index contributed by atoms with van der Waals surface area (Å²) >= 11 is 0. The lowest BCUT2D eigenvalue weighted by atomic mass is 10.5. The third-order valence-corrected chi connectivity index (χ3v) is 1.33. The van der Waals surface area contributed by atoms with Crippen molar-refractivity contribution in [3.63, 3.8) is 0 Å². The van der Waals surface area contributed by atoms with Crippen molar-refractivity contribution < 1.29 is 4.52 Å². The zero-order valence-corrected chi connectivity index (χ0v) is 6.81. The van der Waals surface area contributed by atoms with Crippen LogP contribution in [0.3, 0.4) is 0 Å². The van der Waals surface area contributed by atoms with E-state index in [9.17, 15) is 0 Å². The van der Waals surface area contributed by atoms with Crippen molar-refractivity contribution in [3.05, 3.63) is 31.7 Å². The van der Waals surface area contributed by atoms with Crippen molar-refractivity contribution in [3.8, 4) is 0 Å². The van der Waals surface area contributed by atoms with Crippen LogP contribution in [0.1, 0.15) is 0 Å². The van der Waals surface area contributed by atoms with Crippen molar-refractivity contribution in [2.24, 2.45) is 0 Å². The standard InChI is InChI=1S/C8H11N3O/c1-3-5-11(6-4-2)8-9-7-12-10-8/h3-4,7H,1-2,5-6H2. The zero-order valence-electron chi connectivity index (χ0n) is 6.81. The molecule has 4 nitrogen and oxygen atoms in total. The van der Waals surface area contributed by atoms with E-state index in [-0.39, 0.29) is 0 Å². The van der Waals surface area contributed by atoms with E-state index in [1.165, 1.54) is 6.39 Å². The smallest absolute Gasteiger partial charge is 0.266 e. The molecule has 0 saturated heterocycles. The van der Waals surface area contributed by atoms with Gasteiger partial charge in [-0.05, 0) is 5.16 Å². The number of hydrogen-bond acceptors (Lipinski definition) is 4. The molecule has 0 bridgehead atoms. The lowest BCUT2D eigenvalue weighted by Gasteiger charge is -2.15. The molecule has 0 aromatic carbocycles. The topological polar surface area (TPSA) is 42.2 Å². The van der Waals surface area contributed by atoms with E-state index in [1.54, 1.807) is 12.2 Å². The Morgan fingerprint density at radius 3 is 2.50 bits per heavy atom. The summed E-state index contributed by atoms with van der Waals surface area (Å²) in [7, 11) is 0. The summed E-state index contributed by atoms with van der Waals surface area (Å²) in [4.78, 5) is 5.80. The molecule has 1 heterocycles. The molecule has 0 aliphatic rings. The number of rotatable bonds is 5. The highest BCUT2D eigenvalue weighted by molar-refractivity contribution is 5.28. The van der Waals surface area contributed by atoms with Gasteiger partial charge in [0.1, 0.15) is 0 Å². The molecule has 1 aromatic rings.